The molecule has 0 radical (unpaired) electrons. The third-order valence-electron chi connectivity index (χ3n) is 5.08. The molecule has 0 bridgehead atoms. The minimum atomic E-state index is -1.37. The van der Waals surface area contributed by atoms with Crippen LogP contribution in [0.3, 0.4) is 0 Å². The Morgan fingerprint density at radius 2 is 1.31 bits per heavy atom. The summed E-state index contributed by atoms with van der Waals surface area (Å²) < 4.78 is 0. The van der Waals surface area contributed by atoms with Crippen LogP contribution in [0.15, 0.2) is 97.0 Å². The van der Waals surface area contributed by atoms with Crippen molar-refractivity contribution in [1.29, 1.82) is 0 Å². The lowest BCUT2D eigenvalue weighted by atomic mass is 9.91. The average Bonchev–Trinajstić information content (AvgIpc) is 2.85. The summed E-state index contributed by atoms with van der Waals surface area (Å²) >= 11 is 5.73. The van der Waals surface area contributed by atoms with Gasteiger partial charge in [0, 0.05) is 0 Å². The van der Waals surface area contributed by atoms with Gasteiger partial charge in [-0.15, -0.1) is 11.6 Å². The smallest absolute Gasteiger partial charge is 0.424 e. The van der Waals surface area contributed by atoms with Gasteiger partial charge in [0.1, 0.15) is 0 Å². The van der Waals surface area contributed by atoms with Crippen LogP contribution in [0.2, 0.25) is 0 Å². The first-order valence-electron chi connectivity index (χ1n) is 11.4. The van der Waals surface area contributed by atoms with Crippen LogP contribution in [0, 0.1) is 5.92 Å². The minimum absolute atomic E-state index is 0.328. The molecule has 0 amide bonds. The van der Waals surface area contributed by atoms with Crippen LogP contribution in [-0.2, 0) is 0 Å². The number of rotatable bonds is 4. The van der Waals surface area contributed by atoms with Crippen LogP contribution in [-0.4, -0.2) is 22.5 Å². The molecule has 0 heterocycles. The van der Waals surface area contributed by atoms with Crippen molar-refractivity contribution in [3.63, 3.8) is 0 Å². The van der Waals surface area contributed by atoms with E-state index in [9.17, 15) is 0 Å². The molecule has 4 rings (SSSR count). The summed E-state index contributed by atoms with van der Waals surface area (Å²) in [6, 6.07) is 20.0. The minimum Gasteiger partial charge on any atom is -0.424 e. The lowest BCUT2D eigenvalue weighted by molar-refractivity contribution is 0.424. The van der Waals surface area contributed by atoms with Crippen molar-refractivity contribution in [2.45, 2.75) is 43.9 Å². The molecule has 4 heteroatoms. The molecule has 2 aromatic rings. The molecular formula is C28H34BClO2. The molecule has 0 spiro atoms. The average molecular weight is 449 g/mol. The van der Waals surface area contributed by atoms with Crippen molar-refractivity contribution in [2.75, 3.05) is 0 Å². The molecule has 0 saturated carbocycles. The van der Waals surface area contributed by atoms with E-state index in [2.05, 4.69) is 66.8 Å². The topological polar surface area (TPSA) is 40.5 Å². The molecule has 2 N–H and O–H groups in total. The fourth-order valence-corrected chi connectivity index (χ4v) is 3.59. The van der Waals surface area contributed by atoms with Crippen molar-refractivity contribution >= 4 is 30.9 Å². The van der Waals surface area contributed by atoms with Crippen molar-refractivity contribution in [1.82, 2.24) is 0 Å². The van der Waals surface area contributed by atoms with Crippen LogP contribution in [0.25, 0.3) is 12.2 Å². The Labute approximate surface area is 198 Å². The predicted octanol–water partition coefficient (Wildman–Crippen LogP) is 7.10. The quantitative estimate of drug-likeness (QED) is 0.297. The highest BCUT2D eigenvalue weighted by Crippen LogP contribution is 2.19. The van der Waals surface area contributed by atoms with Crippen LogP contribution < -0.4 is 0 Å². The van der Waals surface area contributed by atoms with Crippen LogP contribution in [0.5, 0.6) is 0 Å². The molecule has 2 atom stereocenters. The van der Waals surface area contributed by atoms with Crippen LogP contribution >= 0.6 is 11.6 Å². The van der Waals surface area contributed by atoms with Gasteiger partial charge in [-0.05, 0) is 55.6 Å². The zero-order valence-corrected chi connectivity index (χ0v) is 19.4. The first-order valence-corrected chi connectivity index (χ1v) is 11.9. The molecule has 2 aromatic carbocycles. The van der Waals surface area contributed by atoms with Crippen LogP contribution in [0.1, 0.15) is 49.7 Å². The summed E-state index contributed by atoms with van der Waals surface area (Å²) in [5, 5.41) is 17.3. The van der Waals surface area contributed by atoms with E-state index in [1.165, 1.54) is 43.6 Å². The normalized spacial score (nSPS) is 19.7. The molecule has 0 aromatic heterocycles. The van der Waals surface area contributed by atoms with E-state index in [1.54, 1.807) is 6.08 Å². The Kier molecular flexibility index (Phi) is 13.2. The van der Waals surface area contributed by atoms with Gasteiger partial charge in [-0.25, -0.2) is 0 Å². The van der Waals surface area contributed by atoms with E-state index in [0.717, 1.165) is 12.0 Å². The molecule has 168 valence electrons. The first kappa shape index (κ1) is 25.9. The van der Waals surface area contributed by atoms with E-state index in [1.807, 2.05) is 30.3 Å². The standard InChI is InChI=1S/C14H16.C8H9BO2.C6H9Cl/c1-3-7-13(8-4-1)11-12-14-9-5-2-6-10-14;10-9(11)7-6-8-4-2-1-3-5-8;7-6-4-2-1-3-5-6/h1,3-5,7-9,11-12,14H,2,6,10H2;1-7,10-11H;2,4,6H,1,3,5H2/b12-11+;7-6+;/t14-;;/m0../s1. The van der Waals surface area contributed by atoms with E-state index >= 15 is 0 Å². The molecule has 2 aliphatic rings. The zero-order chi connectivity index (χ0) is 22.9. The second-order valence-electron chi connectivity index (χ2n) is 7.85. The SMILES string of the molecule is C1=C[C@H](/C=C/c2ccccc2)CCC1.ClC1C=CCCC1.OB(O)/C=C/c1ccccc1. The van der Waals surface area contributed by atoms with Crippen molar-refractivity contribution in [2.24, 2.45) is 5.92 Å². The third-order valence-corrected chi connectivity index (χ3v) is 5.45. The van der Waals surface area contributed by atoms with Crippen molar-refractivity contribution in [3.8, 4) is 0 Å². The van der Waals surface area contributed by atoms with Crippen LogP contribution in [0.4, 0.5) is 0 Å². The molecule has 0 fully saturated rings. The van der Waals surface area contributed by atoms with Gasteiger partial charge >= 0.3 is 7.12 Å². The van der Waals surface area contributed by atoms with E-state index in [-0.39, 0.29) is 0 Å². The summed E-state index contributed by atoms with van der Waals surface area (Å²) in [7, 11) is -1.37. The maximum Gasteiger partial charge on any atom is 0.480 e. The van der Waals surface area contributed by atoms with Gasteiger partial charge in [-0.2, -0.15) is 0 Å². The van der Waals surface area contributed by atoms with Gasteiger partial charge < -0.3 is 10.0 Å². The van der Waals surface area contributed by atoms with E-state index in [0.29, 0.717) is 11.3 Å². The maximum absolute atomic E-state index is 8.48. The highest BCUT2D eigenvalue weighted by molar-refractivity contribution is 6.48. The lowest BCUT2D eigenvalue weighted by Crippen LogP contribution is -2.05. The fraction of sp³-hybridized carbons (Fsp3) is 0.286. The highest BCUT2D eigenvalue weighted by atomic mass is 35.5. The summed E-state index contributed by atoms with van der Waals surface area (Å²) in [5.74, 6) is 1.97. The monoisotopic (exact) mass is 448 g/mol. The fourth-order valence-electron chi connectivity index (χ4n) is 3.33. The van der Waals surface area contributed by atoms with Gasteiger partial charge in [-0.3, -0.25) is 0 Å². The number of benzene rings is 2. The Hall–Kier alpha value is -2.33. The molecule has 0 saturated heterocycles. The largest absolute Gasteiger partial charge is 0.480 e. The Bertz CT molecular complexity index is 844. The summed E-state index contributed by atoms with van der Waals surface area (Å²) in [4.78, 5) is 0. The Balaban J connectivity index is 0.000000180. The zero-order valence-electron chi connectivity index (χ0n) is 18.6. The van der Waals surface area contributed by atoms with Crippen molar-refractivity contribution < 1.29 is 10.0 Å². The Morgan fingerprint density at radius 1 is 0.750 bits per heavy atom. The Morgan fingerprint density at radius 3 is 1.75 bits per heavy atom. The highest BCUT2D eigenvalue weighted by Gasteiger charge is 2.03. The third kappa shape index (κ3) is 12.5. The summed E-state index contributed by atoms with van der Waals surface area (Å²) in [6.45, 7) is 0. The van der Waals surface area contributed by atoms with Gasteiger partial charge in [0.25, 0.3) is 0 Å². The molecule has 2 aliphatic carbocycles. The summed E-state index contributed by atoms with van der Waals surface area (Å²) in [5.41, 5.74) is 2.26. The molecule has 0 aliphatic heterocycles. The van der Waals surface area contributed by atoms with Crippen molar-refractivity contribution in [3.05, 3.63) is 108 Å². The van der Waals surface area contributed by atoms with Gasteiger partial charge in [0.2, 0.25) is 0 Å². The van der Waals surface area contributed by atoms with Gasteiger partial charge in [-0.1, -0.05) is 109 Å². The van der Waals surface area contributed by atoms with E-state index < -0.39 is 7.12 Å². The van der Waals surface area contributed by atoms with E-state index in [4.69, 9.17) is 21.6 Å². The molecule has 2 nitrogen and oxygen atoms in total. The maximum atomic E-state index is 8.48. The lowest BCUT2D eigenvalue weighted by Gasteiger charge is -2.11. The molecular weight excluding hydrogens is 415 g/mol. The van der Waals surface area contributed by atoms with Gasteiger partial charge in [0.15, 0.2) is 0 Å². The summed E-state index contributed by atoms with van der Waals surface area (Å²) in [6.07, 6.45) is 22.6. The first-order chi connectivity index (χ1) is 15.6. The number of hydrogen-bond donors (Lipinski definition) is 2. The second-order valence-corrected chi connectivity index (χ2v) is 8.41. The van der Waals surface area contributed by atoms with Gasteiger partial charge in [0.05, 0.1) is 5.38 Å². The predicted molar refractivity (Wildman–Crippen MR) is 140 cm³/mol. The number of alkyl halides is 1. The molecule has 32 heavy (non-hydrogen) atoms. The number of halogens is 1. The number of allylic oxidation sites excluding steroid dienone is 5. The number of hydrogen-bond acceptors (Lipinski definition) is 2. The molecule has 1 unspecified atom stereocenters. The second kappa shape index (κ2) is 16.3.